The van der Waals surface area contributed by atoms with E-state index in [1.807, 2.05) is 12.1 Å². The molecule has 1 amide bonds. The standard InChI is InChI=1S/C18H26ClN3O/c1-14-5-6-16(19)12-17(14)21-8-10-22(11-9-21)18(23)15-4-3-7-20(2)13-15/h5-6,12,15H,3-4,7-11,13H2,1-2H3/t15-/m1/s1. The van der Waals surface area contributed by atoms with E-state index in [4.69, 9.17) is 11.6 Å². The zero-order valence-corrected chi connectivity index (χ0v) is 14.9. The van der Waals surface area contributed by atoms with Gasteiger partial charge in [0.05, 0.1) is 5.92 Å². The van der Waals surface area contributed by atoms with Crippen LogP contribution >= 0.6 is 11.6 Å². The van der Waals surface area contributed by atoms with Crippen LogP contribution < -0.4 is 4.90 Å². The van der Waals surface area contributed by atoms with Gasteiger partial charge in [-0.2, -0.15) is 0 Å². The molecule has 2 saturated heterocycles. The van der Waals surface area contributed by atoms with Crippen LogP contribution in [0.5, 0.6) is 0 Å². The van der Waals surface area contributed by atoms with Gasteiger partial charge in [0.2, 0.25) is 5.91 Å². The van der Waals surface area contributed by atoms with E-state index in [1.165, 1.54) is 11.3 Å². The predicted molar refractivity (Wildman–Crippen MR) is 95.2 cm³/mol. The number of likely N-dealkylation sites (tertiary alicyclic amines) is 1. The zero-order chi connectivity index (χ0) is 16.4. The van der Waals surface area contributed by atoms with E-state index in [0.717, 1.165) is 57.1 Å². The van der Waals surface area contributed by atoms with Crippen LogP contribution in [0.3, 0.4) is 0 Å². The fourth-order valence-corrected chi connectivity index (χ4v) is 3.88. The molecule has 126 valence electrons. The van der Waals surface area contributed by atoms with Crippen molar-refractivity contribution < 1.29 is 4.79 Å². The van der Waals surface area contributed by atoms with E-state index in [2.05, 4.69) is 34.7 Å². The molecule has 2 heterocycles. The van der Waals surface area contributed by atoms with E-state index in [0.29, 0.717) is 5.91 Å². The van der Waals surface area contributed by atoms with Crippen LogP contribution in [-0.4, -0.2) is 62.0 Å². The Kier molecular flexibility index (Phi) is 5.12. The van der Waals surface area contributed by atoms with Crippen LogP contribution in [0.2, 0.25) is 5.02 Å². The molecule has 0 N–H and O–H groups in total. The van der Waals surface area contributed by atoms with E-state index in [1.54, 1.807) is 0 Å². The largest absolute Gasteiger partial charge is 0.368 e. The molecule has 3 rings (SSSR count). The van der Waals surface area contributed by atoms with Gasteiger partial charge in [-0.05, 0) is 51.1 Å². The Balaban J connectivity index is 1.59. The van der Waals surface area contributed by atoms with Crippen LogP contribution in [0.15, 0.2) is 18.2 Å². The summed E-state index contributed by atoms with van der Waals surface area (Å²) in [5.74, 6) is 0.534. The third kappa shape index (κ3) is 3.81. The number of carbonyl (C=O) groups is 1. The van der Waals surface area contributed by atoms with E-state index >= 15 is 0 Å². The van der Waals surface area contributed by atoms with E-state index in [9.17, 15) is 4.79 Å². The monoisotopic (exact) mass is 335 g/mol. The Bertz CT molecular complexity index is 569. The molecule has 23 heavy (non-hydrogen) atoms. The van der Waals surface area contributed by atoms with Gasteiger partial charge in [0.1, 0.15) is 0 Å². The maximum atomic E-state index is 12.7. The second-order valence-corrected chi connectivity index (χ2v) is 7.28. The molecule has 5 heteroatoms. The summed E-state index contributed by atoms with van der Waals surface area (Å²) in [6.45, 7) is 7.53. The number of anilines is 1. The van der Waals surface area contributed by atoms with Crippen molar-refractivity contribution in [3.8, 4) is 0 Å². The van der Waals surface area contributed by atoms with Gasteiger partial charge in [-0.15, -0.1) is 0 Å². The molecule has 1 aromatic rings. The Morgan fingerprint density at radius 1 is 1.17 bits per heavy atom. The van der Waals surface area contributed by atoms with Crippen molar-refractivity contribution in [3.63, 3.8) is 0 Å². The first-order valence-electron chi connectivity index (χ1n) is 8.53. The van der Waals surface area contributed by atoms with Gasteiger partial charge in [-0.25, -0.2) is 0 Å². The van der Waals surface area contributed by atoms with Gasteiger partial charge in [0.25, 0.3) is 0 Å². The molecule has 2 fully saturated rings. The average Bonchev–Trinajstić information content (AvgIpc) is 2.56. The van der Waals surface area contributed by atoms with Crippen molar-refractivity contribution in [3.05, 3.63) is 28.8 Å². The number of hydrogen-bond donors (Lipinski definition) is 0. The molecule has 0 unspecified atom stereocenters. The van der Waals surface area contributed by atoms with Crippen molar-refractivity contribution in [2.24, 2.45) is 5.92 Å². The average molecular weight is 336 g/mol. The normalized spacial score (nSPS) is 23.2. The Morgan fingerprint density at radius 3 is 2.61 bits per heavy atom. The first-order valence-corrected chi connectivity index (χ1v) is 8.91. The Morgan fingerprint density at radius 2 is 1.91 bits per heavy atom. The number of halogens is 1. The fraction of sp³-hybridized carbons (Fsp3) is 0.611. The summed E-state index contributed by atoms with van der Waals surface area (Å²) in [5, 5.41) is 0.773. The topological polar surface area (TPSA) is 26.8 Å². The SMILES string of the molecule is Cc1ccc(Cl)cc1N1CCN(C(=O)[C@@H]2CCCN(C)C2)CC1. The van der Waals surface area contributed by atoms with Crippen LogP contribution in [0, 0.1) is 12.8 Å². The number of aryl methyl sites for hydroxylation is 1. The van der Waals surface area contributed by atoms with Gasteiger partial charge >= 0.3 is 0 Å². The molecule has 0 aliphatic carbocycles. The molecule has 1 aromatic carbocycles. The minimum absolute atomic E-state index is 0.188. The Labute approximate surface area is 144 Å². The molecule has 2 aliphatic rings. The first kappa shape index (κ1) is 16.6. The van der Waals surface area contributed by atoms with Crippen molar-refractivity contribution in [1.29, 1.82) is 0 Å². The number of piperidine rings is 1. The van der Waals surface area contributed by atoms with Gasteiger partial charge < -0.3 is 14.7 Å². The summed E-state index contributed by atoms with van der Waals surface area (Å²) in [6.07, 6.45) is 2.17. The molecule has 0 spiro atoms. The van der Waals surface area contributed by atoms with Crippen molar-refractivity contribution in [2.75, 3.05) is 51.2 Å². The molecule has 0 aromatic heterocycles. The number of amides is 1. The number of piperazine rings is 1. The lowest BCUT2D eigenvalue weighted by Gasteiger charge is -2.39. The number of carbonyl (C=O) groups excluding carboxylic acids is 1. The summed E-state index contributed by atoms with van der Waals surface area (Å²) < 4.78 is 0. The summed E-state index contributed by atoms with van der Waals surface area (Å²) >= 11 is 6.13. The minimum atomic E-state index is 0.188. The summed E-state index contributed by atoms with van der Waals surface area (Å²) in [5.41, 5.74) is 2.44. The molecule has 0 radical (unpaired) electrons. The van der Waals surface area contributed by atoms with Crippen LogP contribution in [0.25, 0.3) is 0 Å². The van der Waals surface area contributed by atoms with Crippen molar-refractivity contribution in [1.82, 2.24) is 9.80 Å². The highest BCUT2D eigenvalue weighted by atomic mass is 35.5. The second-order valence-electron chi connectivity index (χ2n) is 6.84. The van der Waals surface area contributed by atoms with Gasteiger partial charge in [0.15, 0.2) is 0 Å². The summed E-state index contributed by atoms with van der Waals surface area (Å²) in [4.78, 5) is 19.4. The van der Waals surface area contributed by atoms with Crippen LogP contribution in [0.1, 0.15) is 18.4 Å². The zero-order valence-electron chi connectivity index (χ0n) is 14.1. The fourth-order valence-electron chi connectivity index (χ4n) is 3.72. The molecular formula is C18H26ClN3O. The Hall–Kier alpha value is -1.26. The molecule has 0 bridgehead atoms. The van der Waals surface area contributed by atoms with Gasteiger partial charge in [-0.1, -0.05) is 17.7 Å². The van der Waals surface area contributed by atoms with Gasteiger partial charge in [-0.3, -0.25) is 4.79 Å². The first-order chi connectivity index (χ1) is 11.0. The maximum absolute atomic E-state index is 12.7. The predicted octanol–water partition coefficient (Wildman–Crippen LogP) is 2.64. The third-order valence-electron chi connectivity index (χ3n) is 5.08. The van der Waals surface area contributed by atoms with Crippen LogP contribution in [0.4, 0.5) is 5.69 Å². The third-order valence-corrected chi connectivity index (χ3v) is 5.31. The molecule has 0 saturated carbocycles. The quantitative estimate of drug-likeness (QED) is 0.831. The molecule has 2 aliphatic heterocycles. The summed E-state index contributed by atoms with van der Waals surface area (Å²) in [6, 6.07) is 6.03. The van der Waals surface area contributed by atoms with E-state index < -0.39 is 0 Å². The lowest BCUT2D eigenvalue weighted by Crippen LogP contribution is -2.52. The van der Waals surface area contributed by atoms with Crippen molar-refractivity contribution >= 4 is 23.2 Å². The second kappa shape index (κ2) is 7.10. The number of benzene rings is 1. The van der Waals surface area contributed by atoms with Gasteiger partial charge in [0, 0.05) is 43.4 Å². The molecular weight excluding hydrogens is 310 g/mol. The number of hydrogen-bond acceptors (Lipinski definition) is 3. The van der Waals surface area contributed by atoms with Crippen LogP contribution in [-0.2, 0) is 4.79 Å². The highest BCUT2D eigenvalue weighted by molar-refractivity contribution is 6.30. The highest BCUT2D eigenvalue weighted by Crippen LogP contribution is 2.26. The smallest absolute Gasteiger partial charge is 0.227 e. The van der Waals surface area contributed by atoms with E-state index in [-0.39, 0.29) is 5.92 Å². The maximum Gasteiger partial charge on any atom is 0.227 e. The number of rotatable bonds is 2. The lowest BCUT2D eigenvalue weighted by atomic mass is 9.96. The summed E-state index contributed by atoms with van der Waals surface area (Å²) in [7, 11) is 2.11. The minimum Gasteiger partial charge on any atom is -0.368 e. The highest BCUT2D eigenvalue weighted by Gasteiger charge is 2.30. The lowest BCUT2D eigenvalue weighted by molar-refractivity contribution is -0.137. The van der Waals surface area contributed by atoms with Crippen molar-refractivity contribution in [2.45, 2.75) is 19.8 Å². The molecule has 1 atom stereocenters. The molecule has 4 nitrogen and oxygen atoms in total. The number of nitrogens with zero attached hydrogens (tertiary/aromatic N) is 3.